The first kappa shape index (κ1) is 25.6. The van der Waals surface area contributed by atoms with Gasteiger partial charge in [0.1, 0.15) is 16.4 Å². The van der Waals surface area contributed by atoms with Gasteiger partial charge in [-0.25, -0.2) is 17.6 Å². The fraction of sp³-hybridized carbons (Fsp3) is 0.269. The minimum atomic E-state index is -4.01. The molecule has 1 atom stereocenters. The van der Waals surface area contributed by atoms with Gasteiger partial charge in [0.05, 0.1) is 35.0 Å². The number of pyridine rings is 1. The number of aromatic nitrogens is 3. The number of nitrogen functional groups attached to an aromatic ring is 1. The Bertz CT molecular complexity index is 1610. The maximum absolute atomic E-state index is 14.1. The van der Waals surface area contributed by atoms with E-state index >= 15 is 0 Å². The van der Waals surface area contributed by atoms with Crippen molar-refractivity contribution in [3.8, 4) is 11.3 Å². The zero-order valence-corrected chi connectivity index (χ0v) is 21.5. The van der Waals surface area contributed by atoms with Gasteiger partial charge in [-0.2, -0.15) is 9.40 Å². The van der Waals surface area contributed by atoms with Crippen LogP contribution in [-0.2, 0) is 16.6 Å². The lowest BCUT2D eigenvalue weighted by Crippen LogP contribution is -2.40. The van der Waals surface area contributed by atoms with Crippen molar-refractivity contribution in [3.63, 3.8) is 0 Å². The fourth-order valence-electron chi connectivity index (χ4n) is 4.85. The summed E-state index contributed by atoms with van der Waals surface area (Å²) in [6, 6.07) is 12.4. The normalized spacial score (nSPS) is 16.3. The van der Waals surface area contributed by atoms with Gasteiger partial charge < -0.3 is 15.7 Å². The van der Waals surface area contributed by atoms with E-state index in [9.17, 15) is 22.7 Å². The molecule has 5 rings (SSSR count). The van der Waals surface area contributed by atoms with Crippen LogP contribution in [0.5, 0.6) is 0 Å². The number of hydrogen-bond donors (Lipinski definition) is 2. The zero-order chi connectivity index (χ0) is 27.0. The molecule has 3 heterocycles. The number of likely N-dealkylation sites (tertiary alicyclic amines) is 1. The van der Waals surface area contributed by atoms with Gasteiger partial charge in [-0.05, 0) is 30.5 Å². The smallest absolute Gasteiger partial charge is 0.407 e. The number of rotatable bonds is 6. The van der Waals surface area contributed by atoms with E-state index < -0.39 is 21.9 Å². The molecule has 12 heteroatoms. The van der Waals surface area contributed by atoms with E-state index in [2.05, 4.69) is 4.98 Å². The third-order valence-corrected chi connectivity index (χ3v) is 8.65. The fourth-order valence-corrected chi connectivity index (χ4v) is 6.07. The number of hydrogen-bond acceptors (Lipinski definition) is 6. The molecule has 1 amide bonds. The summed E-state index contributed by atoms with van der Waals surface area (Å²) in [4.78, 5) is 16.8. The maximum Gasteiger partial charge on any atom is 0.407 e. The highest BCUT2D eigenvalue weighted by Crippen LogP contribution is 2.35. The number of carbonyl (C=O) groups is 1. The Hall–Kier alpha value is -4.03. The van der Waals surface area contributed by atoms with Gasteiger partial charge in [0.2, 0.25) is 10.0 Å². The van der Waals surface area contributed by atoms with Crippen molar-refractivity contribution in [2.45, 2.75) is 30.3 Å². The van der Waals surface area contributed by atoms with Gasteiger partial charge >= 0.3 is 6.09 Å². The molecule has 0 unspecified atom stereocenters. The highest BCUT2D eigenvalue weighted by Gasteiger charge is 2.28. The van der Waals surface area contributed by atoms with Crippen LogP contribution in [0.4, 0.5) is 14.9 Å². The number of halogens is 1. The van der Waals surface area contributed by atoms with Crippen LogP contribution in [0.2, 0.25) is 0 Å². The second-order valence-electron chi connectivity index (χ2n) is 9.33. The van der Waals surface area contributed by atoms with Crippen molar-refractivity contribution >= 4 is 32.7 Å². The van der Waals surface area contributed by atoms with Crippen LogP contribution in [-0.4, -0.2) is 63.7 Å². The minimum Gasteiger partial charge on any atom is -0.465 e. The molecule has 1 fully saturated rings. The van der Waals surface area contributed by atoms with E-state index in [4.69, 9.17) is 10.8 Å². The maximum atomic E-state index is 14.1. The Kier molecular flexibility index (Phi) is 6.76. The van der Waals surface area contributed by atoms with E-state index in [1.54, 1.807) is 24.5 Å². The Labute approximate surface area is 219 Å². The Morgan fingerprint density at radius 1 is 1.18 bits per heavy atom. The first-order valence-corrected chi connectivity index (χ1v) is 13.5. The van der Waals surface area contributed by atoms with Crippen molar-refractivity contribution < 1.29 is 22.7 Å². The van der Waals surface area contributed by atoms with Crippen molar-refractivity contribution in [1.29, 1.82) is 0 Å². The van der Waals surface area contributed by atoms with Crippen LogP contribution < -0.4 is 5.73 Å². The van der Waals surface area contributed by atoms with Gasteiger partial charge in [0, 0.05) is 32.2 Å². The molecule has 0 aliphatic carbocycles. The average Bonchev–Trinajstić information content (AvgIpc) is 3.30. The number of amides is 1. The summed E-state index contributed by atoms with van der Waals surface area (Å²) in [6.07, 6.45) is 3.78. The summed E-state index contributed by atoms with van der Waals surface area (Å²) in [5.41, 5.74) is 9.58. The number of benzene rings is 2. The molecular weight excluding hydrogens is 511 g/mol. The zero-order valence-electron chi connectivity index (χ0n) is 20.7. The largest absolute Gasteiger partial charge is 0.465 e. The highest BCUT2D eigenvalue weighted by atomic mass is 32.2. The molecule has 38 heavy (non-hydrogen) atoms. The predicted octanol–water partition coefficient (Wildman–Crippen LogP) is 3.96. The topological polar surface area (TPSA) is 135 Å². The number of anilines is 1. The molecule has 0 bridgehead atoms. The molecule has 10 nitrogen and oxygen atoms in total. The summed E-state index contributed by atoms with van der Waals surface area (Å²) in [5, 5.41) is 15.0. The summed E-state index contributed by atoms with van der Waals surface area (Å²) in [6.45, 7) is 0.855. The van der Waals surface area contributed by atoms with E-state index in [1.165, 1.54) is 30.1 Å². The highest BCUT2D eigenvalue weighted by molar-refractivity contribution is 7.89. The van der Waals surface area contributed by atoms with E-state index in [-0.39, 0.29) is 17.5 Å². The third kappa shape index (κ3) is 4.68. The predicted molar refractivity (Wildman–Crippen MR) is 140 cm³/mol. The summed E-state index contributed by atoms with van der Waals surface area (Å²) < 4.78 is 42.8. The Morgan fingerprint density at radius 2 is 1.92 bits per heavy atom. The van der Waals surface area contributed by atoms with Crippen LogP contribution in [0.1, 0.15) is 24.4 Å². The Morgan fingerprint density at radius 3 is 2.63 bits per heavy atom. The van der Waals surface area contributed by atoms with Crippen LogP contribution in [0.3, 0.4) is 0 Å². The number of carboxylic acid groups (broad SMARTS) is 1. The standard InChI is InChI=1S/C26H27FN6O4S/c1-31(38(36,37)23-7-3-2-6-20(23)27)15-17-8-10-18(11-9-17)25-24-21(28)13-29-14-22(24)33(30-25)19-5-4-12-32(16-19)26(34)35/h2-3,6-11,13-14,19H,4-5,12,15-16,28H2,1H3,(H,34,35)/t19-/m1/s1. The lowest BCUT2D eigenvalue weighted by molar-refractivity contribution is 0.120. The van der Waals surface area contributed by atoms with Gasteiger partial charge in [-0.15, -0.1) is 0 Å². The molecule has 1 aliphatic heterocycles. The second kappa shape index (κ2) is 10.0. The summed E-state index contributed by atoms with van der Waals surface area (Å²) in [7, 11) is -2.61. The number of nitrogens with zero attached hydrogens (tertiary/aromatic N) is 5. The summed E-state index contributed by atoms with van der Waals surface area (Å²) >= 11 is 0. The molecule has 1 saturated heterocycles. The second-order valence-corrected chi connectivity index (χ2v) is 11.3. The monoisotopic (exact) mass is 538 g/mol. The molecule has 1 aliphatic rings. The lowest BCUT2D eigenvalue weighted by Gasteiger charge is -2.31. The molecule has 0 spiro atoms. The van der Waals surface area contributed by atoms with Crippen molar-refractivity contribution in [3.05, 3.63) is 72.3 Å². The van der Waals surface area contributed by atoms with Crippen LogP contribution in [0, 0.1) is 5.82 Å². The first-order chi connectivity index (χ1) is 18.2. The third-order valence-electron chi connectivity index (χ3n) is 6.82. The first-order valence-electron chi connectivity index (χ1n) is 12.1. The van der Waals surface area contributed by atoms with E-state index in [1.807, 2.05) is 16.8 Å². The molecule has 198 valence electrons. The van der Waals surface area contributed by atoms with Crippen LogP contribution >= 0.6 is 0 Å². The van der Waals surface area contributed by atoms with Crippen molar-refractivity contribution in [2.24, 2.45) is 0 Å². The number of piperidine rings is 1. The van der Waals surface area contributed by atoms with Gasteiger partial charge in [-0.1, -0.05) is 36.4 Å². The molecule has 2 aromatic heterocycles. The quantitative estimate of drug-likeness (QED) is 0.379. The van der Waals surface area contributed by atoms with Gasteiger partial charge in [0.25, 0.3) is 0 Å². The van der Waals surface area contributed by atoms with Crippen LogP contribution in [0.25, 0.3) is 22.2 Å². The SMILES string of the molecule is CN(Cc1ccc(-c2nn([C@@H]3CCCN(C(=O)O)C3)c3cncc(N)c23)cc1)S(=O)(=O)c1ccccc1F. The molecule has 0 saturated carbocycles. The molecule has 3 N–H and O–H groups in total. The van der Waals surface area contributed by atoms with Crippen molar-refractivity contribution in [1.82, 2.24) is 24.0 Å². The summed E-state index contributed by atoms with van der Waals surface area (Å²) in [5.74, 6) is -0.798. The van der Waals surface area contributed by atoms with Crippen molar-refractivity contribution in [2.75, 3.05) is 25.9 Å². The van der Waals surface area contributed by atoms with Gasteiger partial charge in [0.15, 0.2) is 0 Å². The van der Waals surface area contributed by atoms with E-state index in [0.29, 0.717) is 30.0 Å². The molecular formula is C26H27FN6O4S. The number of nitrogens with two attached hydrogens (primary N) is 1. The molecule has 2 aromatic carbocycles. The lowest BCUT2D eigenvalue weighted by atomic mass is 10.0. The average molecular weight is 539 g/mol. The van der Waals surface area contributed by atoms with Gasteiger partial charge in [-0.3, -0.25) is 9.67 Å². The van der Waals surface area contributed by atoms with Crippen LogP contribution in [0.15, 0.2) is 65.8 Å². The molecule has 4 aromatic rings. The minimum absolute atomic E-state index is 0.0469. The van der Waals surface area contributed by atoms with E-state index in [0.717, 1.165) is 39.7 Å². The molecule has 0 radical (unpaired) electrons. The Balaban J connectivity index is 1.44. The number of sulfonamides is 1. The number of fused-ring (bicyclic) bond motifs is 1.